The van der Waals surface area contributed by atoms with Gasteiger partial charge in [0, 0.05) is 0 Å². The Morgan fingerprint density at radius 1 is 1.13 bits per heavy atom. The summed E-state index contributed by atoms with van der Waals surface area (Å²) in [5, 5.41) is 0. The zero-order valence-electron chi connectivity index (χ0n) is 9.87. The predicted octanol–water partition coefficient (Wildman–Crippen LogP) is 3.71. The summed E-state index contributed by atoms with van der Waals surface area (Å²) in [6.07, 6.45) is 0.938. The average Bonchev–Trinajstić information content (AvgIpc) is 2.17. The van der Waals surface area contributed by atoms with Crippen molar-refractivity contribution in [3.63, 3.8) is 0 Å². The number of benzene rings is 1. The Morgan fingerprint density at radius 3 is 2.07 bits per heavy atom. The summed E-state index contributed by atoms with van der Waals surface area (Å²) >= 11 is 0. The highest BCUT2D eigenvalue weighted by molar-refractivity contribution is 5.89. The van der Waals surface area contributed by atoms with Gasteiger partial charge in [-0.2, -0.15) is 0 Å². The zero-order chi connectivity index (χ0) is 11.5. The van der Waals surface area contributed by atoms with Crippen molar-refractivity contribution in [2.24, 2.45) is 5.41 Å². The molecule has 1 aromatic carbocycles. The second kappa shape index (κ2) is 4.43. The molecule has 0 saturated heterocycles. The highest BCUT2D eigenvalue weighted by Crippen LogP contribution is 2.35. The zero-order valence-corrected chi connectivity index (χ0v) is 9.87. The quantitative estimate of drug-likeness (QED) is 0.528. The summed E-state index contributed by atoms with van der Waals surface area (Å²) in [7, 11) is 0. The van der Waals surface area contributed by atoms with Crippen molar-refractivity contribution in [3.8, 4) is 0 Å². The van der Waals surface area contributed by atoms with Gasteiger partial charge in [-0.05, 0) is 29.0 Å². The lowest BCUT2D eigenvalue weighted by Crippen LogP contribution is -2.10. The lowest BCUT2D eigenvalue weighted by molar-refractivity contribution is -0.104. The minimum absolute atomic E-state index is 0.00759. The first-order valence-corrected chi connectivity index (χ1v) is 5.19. The normalized spacial score (nSPS) is 13.3. The van der Waals surface area contributed by atoms with E-state index >= 15 is 0 Å². The fourth-order valence-electron chi connectivity index (χ4n) is 1.92. The van der Waals surface area contributed by atoms with E-state index in [1.807, 2.05) is 37.3 Å². The maximum Gasteiger partial charge on any atom is 0.146 e. The fourth-order valence-corrected chi connectivity index (χ4v) is 1.92. The van der Waals surface area contributed by atoms with Crippen molar-refractivity contribution in [1.29, 1.82) is 0 Å². The number of aldehydes is 1. The lowest BCUT2D eigenvalue weighted by atomic mass is 9.80. The molecule has 1 nitrogen and oxygen atoms in total. The Labute approximate surface area is 91.8 Å². The van der Waals surface area contributed by atoms with Gasteiger partial charge in [0.05, 0.1) is 0 Å². The van der Waals surface area contributed by atoms with Gasteiger partial charge in [0.15, 0.2) is 0 Å². The molecule has 1 heteroatoms. The molecular weight excluding hydrogens is 184 g/mol. The smallest absolute Gasteiger partial charge is 0.146 e. The van der Waals surface area contributed by atoms with Crippen LogP contribution >= 0.6 is 0 Å². The van der Waals surface area contributed by atoms with Gasteiger partial charge in [0.2, 0.25) is 0 Å². The van der Waals surface area contributed by atoms with Gasteiger partial charge < -0.3 is 0 Å². The Balaban J connectivity index is 3.33. The first-order chi connectivity index (χ1) is 6.96. The van der Waals surface area contributed by atoms with Crippen LogP contribution in [0.4, 0.5) is 0 Å². The molecule has 0 bridgehead atoms. The second-order valence-electron chi connectivity index (χ2n) is 4.79. The highest BCUT2D eigenvalue weighted by Gasteiger charge is 2.20. The molecule has 0 N–H and O–H groups in total. The first-order valence-electron chi connectivity index (χ1n) is 5.19. The number of allylic oxidation sites excluding steroid dienone is 2. The van der Waals surface area contributed by atoms with Gasteiger partial charge in [-0.25, -0.2) is 0 Å². The van der Waals surface area contributed by atoms with E-state index in [4.69, 9.17) is 0 Å². The molecule has 0 aliphatic carbocycles. The number of rotatable bonds is 2. The van der Waals surface area contributed by atoms with Crippen molar-refractivity contribution in [3.05, 3.63) is 41.5 Å². The minimum atomic E-state index is -0.00759. The third-order valence-electron chi connectivity index (χ3n) is 2.38. The van der Waals surface area contributed by atoms with Crippen LogP contribution in [0.15, 0.2) is 35.9 Å². The molecule has 0 aliphatic rings. The van der Waals surface area contributed by atoms with Crippen LogP contribution in [-0.4, -0.2) is 6.29 Å². The summed E-state index contributed by atoms with van der Waals surface area (Å²) in [5.74, 6) is 0. The van der Waals surface area contributed by atoms with Gasteiger partial charge in [-0.1, -0.05) is 51.1 Å². The van der Waals surface area contributed by atoms with Gasteiger partial charge in [0.1, 0.15) is 6.29 Å². The van der Waals surface area contributed by atoms with Crippen molar-refractivity contribution in [2.45, 2.75) is 27.7 Å². The van der Waals surface area contributed by atoms with E-state index in [1.165, 1.54) is 0 Å². The Morgan fingerprint density at radius 2 is 1.67 bits per heavy atom. The van der Waals surface area contributed by atoms with Crippen molar-refractivity contribution >= 4 is 11.9 Å². The summed E-state index contributed by atoms with van der Waals surface area (Å²) < 4.78 is 0. The van der Waals surface area contributed by atoms with Crippen molar-refractivity contribution in [2.75, 3.05) is 0 Å². The second-order valence-corrected chi connectivity index (χ2v) is 4.79. The Kier molecular flexibility index (Phi) is 3.46. The molecule has 0 unspecified atom stereocenters. The molecule has 0 spiro atoms. The Hall–Kier alpha value is -1.37. The molecule has 0 heterocycles. The molecule has 0 amide bonds. The van der Waals surface area contributed by atoms with Gasteiger partial charge >= 0.3 is 0 Å². The van der Waals surface area contributed by atoms with E-state index < -0.39 is 0 Å². The average molecular weight is 202 g/mol. The molecule has 0 radical (unpaired) electrons. The number of carbonyl (C=O) groups is 1. The van der Waals surface area contributed by atoms with Crippen LogP contribution in [0.2, 0.25) is 0 Å². The predicted molar refractivity (Wildman–Crippen MR) is 64.6 cm³/mol. The molecule has 0 aliphatic heterocycles. The van der Waals surface area contributed by atoms with Crippen LogP contribution in [0.5, 0.6) is 0 Å². The molecule has 15 heavy (non-hydrogen) atoms. The van der Waals surface area contributed by atoms with E-state index in [2.05, 4.69) is 20.8 Å². The molecule has 0 saturated carbocycles. The summed E-state index contributed by atoms with van der Waals surface area (Å²) in [4.78, 5) is 10.9. The van der Waals surface area contributed by atoms with Crippen LogP contribution < -0.4 is 0 Å². The van der Waals surface area contributed by atoms with Crippen LogP contribution in [0, 0.1) is 5.41 Å². The van der Waals surface area contributed by atoms with E-state index in [0.717, 1.165) is 23.0 Å². The van der Waals surface area contributed by atoms with Crippen molar-refractivity contribution < 1.29 is 4.79 Å². The van der Waals surface area contributed by atoms with E-state index in [0.29, 0.717) is 0 Å². The summed E-state index contributed by atoms with van der Waals surface area (Å²) in [6.45, 7) is 8.26. The molecular formula is C14H18O. The van der Waals surface area contributed by atoms with Gasteiger partial charge in [-0.15, -0.1) is 0 Å². The van der Waals surface area contributed by atoms with Crippen LogP contribution in [0.3, 0.4) is 0 Å². The van der Waals surface area contributed by atoms with Crippen LogP contribution in [0.25, 0.3) is 5.57 Å². The topological polar surface area (TPSA) is 17.1 Å². The molecule has 1 aromatic rings. The third kappa shape index (κ3) is 2.79. The molecule has 1 rings (SSSR count). The number of hydrogen-bond donors (Lipinski definition) is 0. The summed E-state index contributed by atoms with van der Waals surface area (Å²) in [6, 6.07) is 10.1. The van der Waals surface area contributed by atoms with E-state index in [-0.39, 0.29) is 5.41 Å². The van der Waals surface area contributed by atoms with Gasteiger partial charge in [-0.3, -0.25) is 4.79 Å². The minimum Gasteiger partial charge on any atom is -0.298 e. The third-order valence-corrected chi connectivity index (χ3v) is 2.38. The highest BCUT2D eigenvalue weighted by atomic mass is 16.1. The largest absolute Gasteiger partial charge is 0.298 e. The molecule has 80 valence electrons. The number of carbonyl (C=O) groups excluding carboxylic acids is 1. The van der Waals surface area contributed by atoms with E-state index in [9.17, 15) is 4.79 Å². The maximum atomic E-state index is 10.9. The monoisotopic (exact) mass is 202 g/mol. The van der Waals surface area contributed by atoms with Gasteiger partial charge in [0.25, 0.3) is 0 Å². The SMILES string of the molecule is CC(C=O)=C(c1ccccc1)C(C)(C)C. The lowest BCUT2D eigenvalue weighted by Gasteiger charge is -2.24. The molecule has 0 aromatic heterocycles. The number of hydrogen-bond acceptors (Lipinski definition) is 1. The Bertz CT molecular complexity index is 366. The molecule has 0 fully saturated rings. The van der Waals surface area contributed by atoms with E-state index in [1.54, 1.807) is 0 Å². The fraction of sp³-hybridized carbons (Fsp3) is 0.357. The standard InChI is InChI=1S/C14H18O/c1-11(10-15)13(14(2,3)4)12-8-6-5-7-9-12/h5-10H,1-4H3. The maximum absolute atomic E-state index is 10.9. The molecule has 0 atom stereocenters. The first kappa shape index (κ1) is 11.7. The summed E-state index contributed by atoms with van der Waals surface area (Å²) in [5.41, 5.74) is 3.06. The van der Waals surface area contributed by atoms with Crippen LogP contribution in [0.1, 0.15) is 33.3 Å². The van der Waals surface area contributed by atoms with Crippen molar-refractivity contribution in [1.82, 2.24) is 0 Å². The van der Waals surface area contributed by atoms with Crippen LogP contribution in [-0.2, 0) is 4.79 Å².